The molecule has 0 amide bonds. The van der Waals surface area contributed by atoms with E-state index in [4.69, 9.17) is 0 Å². The number of benzene rings is 2. The number of carboxylic acids is 1. The summed E-state index contributed by atoms with van der Waals surface area (Å²) in [6.07, 6.45) is 5.96. The zero-order valence-corrected chi connectivity index (χ0v) is 30.5. The molecular formula is C39H43N5O6S2. The van der Waals surface area contributed by atoms with Gasteiger partial charge in [-0.05, 0) is 115 Å². The van der Waals surface area contributed by atoms with Crippen LogP contribution in [0.5, 0.6) is 5.75 Å². The van der Waals surface area contributed by atoms with E-state index in [-0.39, 0.29) is 17.2 Å². The number of thiophene rings is 2. The van der Waals surface area contributed by atoms with Crippen LogP contribution >= 0.6 is 22.7 Å². The average Bonchev–Trinajstić information content (AvgIpc) is 3.94. The SMILES string of the molecule is CN(CCCn1ncc2cc(CNC[C@H](O)c3ccc(O)c4[nH]c(=O)ccc34)ccc21)C1CCC(c2ccsc2C(O)(C(=O)O)c2cccs2)CC1. The maximum atomic E-state index is 12.3. The summed E-state index contributed by atoms with van der Waals surface area (Å²) in [6.45, 7) is 2.59. The number of aromatic nitrogens is 3. The molecule has 0 aliphatic heterocycles. The summed E-state index contributed by atoms with van der Waals surface area (Å²) < 4.78 is 2.05. The van der Waals surface area contributed by atoms with Crippen LogP contribution in [0.15, 0.2) is 82.4 Å². The Labute approximate surface area is 308 Å². The molecule has 2 atom stereocenters. The van der Waals surface area contributed by atoms with Crippen LogP contribution in [-0.2, 0) is 23.5 Å². The highest BCUT2D eigenvalue weighted by Gasteiger charge is 2.45. The first-order chi connectivity index (χ1) is 25.1. The number of aliphatic hydroxyl groups is 2. The highest BCUT2D eigenvalue weighted by molar-refractivity contribution is 7.12. The highest BCUT2D eigenvalue weighted by atomic mass is 32.1. The number of aliphatic carboxylic acids is 1. The molecule has 4 aromatic heterocycles. The fourth-order valence-electron chi connectivity index (χ4n) is 7.65. The number of phenolic OH excluding ortho intramolecular Hbond substituents is 1. The summed E-state index contributed by atoms with van der Waals surface area (Å²) in [5.41, 5.74) is 1.73. The van der Waals surface area contributed by atoms with Crippen LogP contribution in [0, 0.1) is 0 Å². The Morgan fingerprint density at radius 3 is 2.69 bits per heavy atom. The minimum Gasteiger partial charge on any atom is -0.506 e. The molecule has 11 nitrogen and oxygen atoms in total. The number of hydrogen-bond donors (Lipinski definition) is 6. The molecular weight excluding hydrogens is 699 g/mol. The van der Waals surface area contributed by atoms with Crippen LogP contribution in [0.1, 0.15) is 70.6 Å². The molecule has 6 N–H and O–H groups in total. The first kappa shape index (κ1) is 36.0. The second-order valence-electron chi connectivity index (χ2n) is 13.7. The van der Waals surface area contributed by atoms with Gasteiger partial charge in [-0.3, -0.25) is 9.48 Å². The lowest BCUT2D eigenvalue weighted by Gasteiger charge is -2.35. The number of carboxylic acid groups (broad SMARTS) is 1. The van der Waals surface area contributed by atoms with Gasteiger partial charge in [0.1, 0.15) is 5.75 Å². The zero-order chi connectivity index (χ0) is 36.4. The number of carbonyl (C=O) groups is 1. The standard InChI is InChI=1S/C39H43N5O6S2/c1-43(27-8-6-25(7-9-27)28-15-19-52-37(28)39(50,38(48)49)34-4-2-18-51-34)16-3-17-44-31-12-5-24(20-26(31)22-41-44)21-40-23-33(46)29-10-13-32(45)36-30(29)11-14-35(47)42-36/h2,4-5,10-15,18-20,22,25,27,33,40,45-46,50H,3,6-9,16-17,21,23H2,1H3,(H,42,47)(H,48,49)/t25?,27?,33-,39?/m0/s1. The quantitative estimate of drug-likeness (QED) is 0.0798. The van der Waals surface area contributed by atoms with Gasteiger partial charge in [0.15, 0.2) is 0 Å². The first-order valence-corrected chi connectivity index (χ1v) is 19.4. The Balaban J connectivity index is 0.889. The van der Waals surface area contributed by atoms with Crippen LogP contribution in [0.4, 0.5) is 0 Å². The average molecular weight is 742 g/mol. The van der Waals surface area contributed by atoms with E-state index >= 15 is 0 Å². The molecule has 272 valence electrons. The Morgan fingerprint density at radius 2 is 1.92 bits per heavy atom. The van der Waals surface area contributed by atoms with Crippen molar-refractivity contribution < 1.29 is 25.2 Å². The van der Waals surface area contributed by atoms with Gasteiger partial charge in [-0.25, -0.2) is 4.79 Å². The number of aromatic amines is 1. The molecule has 7 rings (SSSR count). The number of aryl methyl sites for hydroxylation is 1. The van der Waals surface area contributed by atoms with Gasteiger partial charge in [0.25, 0.3) is 0 Å². The lowest BCUT2D eigenvalue weighted by Crippen LogP contribution is -2.38. The van der Waals surface area contributed by atoms with Crippen LogP contribution in [-0.4, -0.2) is 72.2 Å². The minimum absolute atomic E-state index is 0.0356. The molecule has 1 aliphatic rings. The third-order valence-corrected chi connectivity index (χ3v) is 12.5. The number of aromatic hydroxyl groups is 1. The Morgan fingerprint density at radius 1 is 1.10 bits per heavy atom. The molecule has 0 saturated heterocycles. The van der Waals surface area contributed by atoms with Crippen LogP contribution in [0.25, 0.3) is 21.8 Å². The Bertz CT molecular complexity index is 2220. The van der Waals surface area contributed by atoms with E-state index in [1.54, 1.807) is 29.6 Å². The molecule has 0 bridgehead atoms. The summed E-state index contributed by atoms with van der Waals surface area (Å²) in [5.74, 6) is -1.04. The van der Waals surface area contributed by atoms with Gasteiger partial charge in [-0.1, -0.05) is 18.2 Å². The zero-order valence-electron chi connectivity index (χ0n) is 28.9. The normalized spacial score (nSPS) is 18.2. The van der Waals surface area contributed by atoms with E-state index in [0.29, 0.717) is 45.4 Å². The molecule has 2 aromatic carbocycles. The van der Waals surface area contributed by atoms with Crippen molar-refractivity contribution in [3.05, 3.63) is 114 Å². The van der Waals surface area contributed by atoms with E-state index in [2.05, 4.69) is 50.2 Å². The summed E-state index contributed by atoms with van der Waals surface area (Å²) >= 11 is 2.60. The van der Waals surface area contributed by atoms with Crippen molar-refractivity contribution in [3.63, 3.8) is 0 Å². The fraction of sp³-hybridized carbons (Fsp3) is 0.359. The van der Waals surface area contributed by atoms with E-state index in [0.717, 1.165) is 67.2 Å². The second-order valence-corrected chi connectivity index (χ2v) is 15.6. The number of pyridine rings is 1. The van der Waals surface area contributed by atoms with E-state index in [9.17, 15) is 30.0 Å². The van der Waals surface area contributed by atoms with Crippen molar-refractivity contribution in [3.8, 4) is 5.75 Å². The molecule has 1 aliphatic carbocycles. The highest BCUT2D eigenvalue weighted by Crippen LogP contribution is 2.44. The van der Waals surface area contributed by atoms with Gasteiger partial charge in [-0.15, -0.1) is 22.7 Å². The first-order valence-electron chi connectivity index (χ1n) is 17.6. The van der Waals surface area contributed by atoms with Crippen molar-refractivity contribution in [2.75, 3.05) is 20.1 Å². The molecule has 1 fully saturated rings. The predicted octanol–water partition coefficient (Wildman–Crippen LogP) is 5.90. The Kier molecular flexibility index (Phi) is 10.6. The van der Waals surface area contributed by atoms with Gasteiger partial charge in [0, 0.05) is 42.5 Å². The molecule has 0 radical (unpaired) electrons. The maximum Gasteiger partial charge on any atom is 0.347 e. The van der Waals surface area contributed by atoms with Crippen molar-refractivity contribution in [2.45, 2.75) is 68.9 Å². The van der Waals surface area contributed by atoms with Gasteiger partial charge in [0.05, 0.1) is 33.1 Å². The third-order valence-electron chi connectivity index (χ3n) is 10.5. The van der Waals surface area contributed by atoms with Crippen molar-refractivity contribution in [1.29, 1.82) is 0 Å². The van der Waals surface area contributed by atoms with Crippen LogP contribution in [0.3, 0.4) is 0 Å². The number of phenols is 1. The van der Waals surface area contributed by atoms with E-state index < -0.39 is 17.7 Å². The van der Waals surface area contributed by atoms with Crippen molar-refractivity contribution in [2.24, 2.45) is 0 Å². The lowest BCUT2D eigenvalue weighted by atomic mass is 9.79. The van der Waals surface area contributed by atoms with Gasteiger partial charge >= 0.3 is 5.97 Å². The second kappa shape index (κ2) is 15.3. The Hall–Kier alpha value is -4.37. The molecule has 0 spiro atoms. The molecule has 1 saturated carbocycles. The van der Waals surface area contributed by atoms with Gasteiger partial charge in [-0.2, -0.15) is 5.10 Å². The van der Waals surface area contributed by atoms with Gasteiger partial charge in [0.2, 0.25) is 11.2 Å². The fourth-order valence-corrected chi connectivity index (χ4v) is 9.63. The maximum absolute atomic E-state index is 12.3. The monoisotopic (exact) mass is 741 g/mol. The van der Waals surface area contributed by atoms with E-state index in [1.807, 2.05) is 17.6 Å². The van der Waals surface area contributed by atoms with Crippen molar-refractivity contribution >= 4 is 50.4 Å². The summed E-state index contributed by atoms with van der Waals surface area (Å²) in [6, 6.07) is 18.3. The summed E-state index contributed by atoms with van der Waals surface area (Å²) in [7, 11) is 2.18. The molecule has 1 unspecified atom stereocenters. The van der Waals surface area contributed by atoms with Crippen LogP contribution < -0.4 is 10.9 Å². The smallest absolute Gasteiger partial charge is 0.347 e. The number of aliphatic hydroxyl groups excluding tert-OH is 1. The number of rotatable bonds is 14. The topological polar surface area (TPSA) is 164 Å². The molecule has 6 aromatic rings. The molecule has 4 heterocycles. The number of fused-ring (bicyclic) bond motifs is 2. The number of hydrogen-bond acceptors (Lipinski definition) is 10. The summed E-state index contributed by atoms with van der Waals surface area (Å²) in [4.78, 5) is 30.1. The summed E-state index contributed by atoms with van der Waals surface area (Å²) in [5, 5.41) is 55.9. The van der Waals surface area contributed by atoms with Crippen LogP contribution in [0.2, 0.25) is 0 Å². The lowest BCUT2D eigenvalue weighted by molar-refractivity contribution is -0.154. The largest absolute Gasteiger partial charge is 0.506 e. The molecule has 13 heteroatoms. The number of nitrogens with zero attached hydrogens (tertiary/aromatic N) is 3. The third kappa shape index (κ3) is 7.16. The number of nitrogens with one attached hydrogen (secondary N) is 2. The van der Waals surface area contributed by atoms with Crippen molar-refractivity contribution in [1.82, 2.24) is 25.0 Å². The molecule has 52 heavy (non-hydrogen) atoms. The predicted molar refractivity (Wildman–Crippen MR) is 204 cm³/mol. The van der Waals surface area contributed by atoms with E-state index in [1.165, 1.54) is 34.8 Å². The minimum atomic E-state index is -2.01. The number of H-pyrrole nitrogens is 1. The van der Waals surface area contributed by atoms with Gasteiger partial charge < -0.3 is 35.6 Å².